The number of hydrogen-bond acceptors (Lipinski definition) is 4. The van der Waals surface area contributed by atoms with Gasteiger partial charge < -0.3 is 5.11 Å². The van der Waals surface area contributed by atoms with Crippen molar-refractivity contribution in [2.24, 2.45) is 10.8 Å². The Labute approximate surface area is 131 Å². The number of rotatable bonds is 1. The summed E-state index contributed by atoms with van der Waals surface area (Å²) in [7, 11) is 0. The Hall–Kier alpha value is -0.940. The summed E-state index contributed by atoms with van der Waals surface area (Å²) in [6.07, 6.45) is 0. The number of carbonyl (C=O) groups excluding carboxylic acids is 1. The molecule has 5 nitrogen and oxygen atoms in total. The molecule has 0 aromatic heterocycles. The highest BCUT2D eigenvalue weighted by molar-refractivity contribution is 5.80. The monoisotopic (exact) mass is 310 g/mol. The predicted octanol–water partition coefficient (Wildman–Crippen LogP) is 4.90. The van der Waals surface area contributed by atoms with Gasteiger partial charge in [0.2, 0.25) is 0 Å². The number of carboxylic acid groups (broad SMARTS) is 1. The number of ketones is 1. The van der Waals surface area contributed by atoms with Crippen LogP contribution in [0.5, 0.6) is 0 Å². The average molecular weight is 310 g/mol. The van der Waals surface area contributed by atoms with E-state index < -0.39 is 11.4 Å². The zero-order valence-corrected chi connectivity index (χ0v) is 14.8. The molecule has 0 fully saturated rings. The van der Waals surface area contributed by atoms with Crippen molar-refractivity contribution in [3.05, 3.63) is 0 Å². The van der Waals surface area contributed by atoms with Crippen LogP contribution in [0.25, 0.3) is 0 Å². The standard InChI is InChI=1S/C6H12O.C5H10O2.C2H6O2.C2H6.CH4/c1-5(7)6(2,3)4;1-5(2,3)4(6)7;1-2-4-3;1-2;/h1-4H3;1-3H3,(H,6,7);3H,2H2,1H3;1-2H3;1H4. The van der Waals surface area contributed by atoms with Crippen LogP contribution in [-0.2, 0) is 14.5 Å². The first kappa shape index (κ1) is 32.1. The molecule has 0 aliphatic heterocycles. The molecule has 0 aromatic carbocycles. The lowest BCUT2D eigenvalue weighted by Gasteiger charge is -2.11. The molecule has 5 heteroatoms. The molecule has 0 unspecified atom stereocenters. The quantitative estimate of drug-likeness (QED) is 0.531. The van der Waals surface area contributed by atoms with Crippen LogP contribution in [0.3, 0.4) is 0 Å². The third kappa shape index (κ3) is 38.1. The summed E-state index contributed by atoms with van der Waals surface area (Å²) in [5, 5.41) is 15.6. The van der Waals surface area contributed by atoms with Crippen molar-refractivity contribution in [2.75, 3.05) is 6.61 Å². The van der Waals surface area contributed by atoms with Crippen molar-refractivity contribution in [3.63, 3.8) is 0 Å². The first-order chi connectivity index (χ1) is 8.80. The third-order valence-corrected chi connectivity index (χ3v) is 1.83. The minimum Gasteiger partial charge on any atom is -0.481 e. The molecule has 0 heterocycles. The summed E-state index contributed by atoms with van der Waals surface area (Å²) < 4.78 is 0. The van der Waals surface area contributed by atoms with E-state index in [1.165, 1.54) is 0 Å². The molecule has 0 rings (SSSR count). The van der Waals surface area contributed by atoms with Crippen LogP contribution in [0.4, 0.5) is 0 Å². The molecular weight excluding hydrogens is 272 g/mol. The summed E-state index contributed by atoms with van der Waals surface area (Å²) >= 11 is 0. The minimum atomic E-state index is -0.757. The molecule has 0 spiro atoms. The van der Waals surface area contributed by atoms with E-state index in [-0.39, 0.29) is 18.6 Å². The van der Waals surface area contributed by atoms with Crippen LogP contribution in [0.15, 0.2) is 0 Å². The first-order valence-corrected chi connectivity index (χ1v) is 6.81. The maximum absolute atomic E-state index is 10.5. The fourth-order valence-corrected chi connectivity index (χ4v) is 0. The van der Waals surface area contributed by atoms with Crippen molar-refractivity contribution < 1.29 is 24.8 Å². The fourth-order valence-electron chi connectivity index (χ4n) is 0. The highest BCUT2D eigenvalue weighted by Gasteiger charge is 2.18. The molecular formula is C16H38O5. The Bertz CT molecular complexity index is 208. The highest BCUT2D eigenvalue weighted by Crippen LogP contribution is 2.12. The van der Waals surface area contributed by atoms with Crippen molar-refractivity contribution in [3.8, 4) is 0 Å². The Kier molecular flexibility index (Phi) is 26.2. The van der Waals surface area contributed by atoms with Gasteiger partial charge in [-0.3, -0.25) is 14.8 Å². The first-order valence-electron chi connectivity index (χ1n) is 6.81. The summed E-state index contributed by atoms with van der Waals surface area (Å²) in [4.78, 5) is 24.0. The van der Waals surface area contributed by atoms with Crippen LogP contribution in [0.1, 0.15) is 76.7 Å². The summed E-state index contributed by atoms with van der Waals surface area (Å²) in [6.45, 7) is 18.4. The molecule has 0 saturated carbocycles. The van der Waals surface area contributed by atoms with E-state index in [1.807, 2.05) is 34.6 Å². The molecule has 0 aliphatic carbocycles. The van der Waals surface area contributed by atoms with Crippen molar-refractivity contribution in [1.82, 2.24) is 0 Å². The Balaban J connectivity index is -0.0000000579. The number of carbonyl (C=O) groups is 2. The van der Waals surface area contributed by atoms with Gasteiger partial charge in [-0.1, -0.05) is 42.0 Å². The zero-order valence-electron chi connectivity index (χ0n) is 14.8. The van der Waals surface area contributed by atoms with E-state index in [0.717, 1.165) is 0 Å². The Morgan fingerprint density at radius 3 is 1.10 bits per heavy atom. The summed E-state index contributed by atoms with van der Waals surface area (Å²) in [6, 6.07) is 0. The van der Waals surface area contributed by atoms with Gasteiger partial charge in [-0.15, -0.1) is 0 Å². The third-order valence-electron chi connectivity index (χ3n) is 1.83. The van der Waals surface area contributed by atoms with Crippen LogP contribution in [-0.4, -0.2) is 28.7 Å². The smallest absolute Gasteiger partial charge is 0.308 e. The largest absolute Gasteiger partial charge is 0.481 e. The van der Waals surface area contributed by atoms with E-state index in [9.17, 15) is 9.59 Å². The van der Waals surface area contributed by atoms with Crippen LogP contribution in [0, 0.1) is 10.8 Å². The van der Waals surface area contributed by atoms with Crippen LogP contribution >= 0.6 is 0 Å². The second kappa shape index (κ2) is 17.1. The van der Waals surface area contributed by atoms with Crippen molar-refractivity contribution >= 4 is 11.8 Å². The number of Topliss-reactive ketones (excluding diaryl/α,β-unsaturated/α-hetero) is 1. The van der Waals surface area contributed by atoms with Crippen molar-refractivity contribution in [1.29, 1.82) is 0 Å². The van der Waals surface area contributed by atoms with E-state index in [1.54, 1.807) is 34.6 Å². The molecule has 0 amide bonds. The molecule has 0 aromatic rings. The minimum absolute atomic E-state index is 0. The molecule has 132 valence electrons. The van der Waals surface area contributed by atoms with E-state index >= 15 is 0 Å². The zero-order chi connectivity index (χ0) is 17.6. The van der Waals surface area contributed by atoms with Gasteiger partial charge in [-0.2, -0.15) is 0 Å². The molecule has 0 radical (unpaired) electrons. The molecule has 21 heavy (non-hydrogen) atoms. The molecule has 2 N–H and O–H groups in total. The second-order valence-corrected chi connectivity index (χ2v) is 5.78. The van der Waals surface area contributed by atoms with Gasteiger partial charge in [0, 0.05) is 5.41 Å². The van der Waals surface area contributed by atoms with Gasteiger partial charge in [0.15, 0.2) is 0 Å². The number of carboxylic acids is 1. The van der Waals surface area contributed by atoms with Gasteiger partial charge >= 0.3 is 5.97 Å². The van der Waals surface area contributed by atoms with Gasteiger partial charge in [-0.05, 0) is 34.6 Å². The lowest BCUT2D eigenvalue weighted by molar-refractivity contribution is -0.237. The Morgan fingerprint density at radius 1 is 0.952 bits per heavy atom. The molecule has 0 bridgehead atoms. The molecule has 0 saturated heterocycles. The highest BCUT2D eigenvalue weighted by atomic mass is 17.1. The average Bonchev–Trinajstić information content (AvgIpc) is 2.30. The summed E-state index contributed by atoms with van der Waals surface area (Å²) in [5.41, 5.74) is -0.722. The van der Waals surface area contributed by atoms with Gasteiger partial charge in [0.05, 0.1) is 12.0 Å². The topological polar surface area (TPSA) is 83.8 Å². The maximum Gasteiger partial charge on any atom is 0.308 e. The van der Waals surface area contributed by atoms with Gasteiger partial charge in [0.25, 0.3) is 0 Å². The molecule has 0 aliphatic rings. The number of hydrogen-bond donors (Lipinski definition) is 2. The van der Waals surface area contributed by atoms with Crippen LogP contribution in [0.2, 0.25) is 0 Å². The van der Waals surface area contributed by atoms with Gasteiger partial charge in [0.1, 0.15) is 5.78 Å². The lowest BCUT2D eigenvalue weighted by atomic mass is 9.92. The maximum atomic E-state index is 10.5. The number of aliphatic carboxylic acids is 1. The van der Waals surface area contributed by atoms with E-state index in [4.69, 9.17) is 10.4 Å². The SMILES string of the molecule is C.CC.CC(=O)C(C)(C)C.CC(C)(C)C(=O)O.CCOO. The van der Waals surface area contributed by atoms with E-state index in [0.29, 0.717) is 6.61 Å². The normalized spacial score (nSPS) is 9.29. The molecule has 0 atom stereocenters. The van der Waals surface area contributed by atoms with Gasteiger partial charge in [-0.25, -0.2) is 4.89 Å². The predicted molar refractivity (Wildman–Crippen MR) is 89.6 cm³/mol. The van der Waals surface area contributed by atoms with Crippen molar-refractivity contribution in [2.45, 2.75) is 76.7 Å². The second-order valence-electron chi connectivity index (χ2n) is 5.78. The lowest BCUT2D eigenvalue weighted by Crippen LogP contribution is -2.18. The fraction of sp³-hybridized carbons (Fsp3) is 0.875. The van der Waals surface area contributed by atoms with E-state index in [2.05, 4.69) is 4.89 Å². The van der Waals surface area contributed by atoms with Crippen LogP contribution < -0.4 is 0 Å². The Morgan fingerprint density at radius 2 is 1.10 bits per heavy atom. The summed E-state index contributed by atoms with van der Waals surface area (Å²) in [5.74, 6) is -0.514.